The lowest BCUT2D eigenvalue weighted by Gasteiger charge is -2.13. The Morgan fingerprint density at radius 3 is 2.88 bits per heavy atom. The van der Waals surface area contributed by atoms with Crippen LogP contribution >= 0.6 is 11.6 Å². The lowest BCUT2D eigenvalue weighted by molar-refractivity contribution is -0.145. The van der Waals surface area contributed by atoms with E-state index in [1.807, 2.05) is 0 Å². The van der Waals surface area contributed by atoms with Crippen molar-refractivity contribution in [2.45, 2.75) is 26.4 Å². The van der Waals surface area contributed by atoms with E-state index in [-0.39, 0.29) is 18.3 Å². The molecule has 0 aliphatic carbocycles. The molecule has 1 aromatic carbocycles. The van der Waals surface area contributed by atoms with Crippen LogP contribution in [0.15, 0.2) is 18.2 Å². The SMILES string of the molecule is CCOC(=O)C(C)NCc1c(F)cccc1Cl. The van der Waals surface area contributed by atoms with E-state index in [9.17, 15) is 9.18 Å². The van der Waals surface area contributed by atoms with Gasteiger partial charge in [0.1, 0.15) is 11.9 Å². The number of nitrogens with one attached hydrogen (secondary N) is 1. The number of rotatable bonds is 5. The van der Waals surface area contributed by atoms with Crippen LogP contribution in [0.2, 0.25) is 5.02 Å². The van der Waals surface area contributed by atoms with Gasteiger partial charge in [-0.25, -0.2) is 4.39 Å². The Hall–Kier alpha value is -1.13. The fourth-order valence-electron chi connectivity index (χ4n) is 1.31. The highest BCUT2D eigenvalue weighted by molar-refractivity contribution is 6.31. The summed E-state index contributed by atoms with van der Waals surface area (Å²) < 4.78 is 18.2. The van der Waals surface area contributed by atoms with Gasteiger partial charge in [-0.2, -0.15) is 0 Å². The van der Waals surface area contributed by atoms with E-state index in [0.717, 1.165) is 0 Å². The van der Waals surface area contributed by atoms with E-state index in [1.54, 1.807) is 19.9 Å². The zero-order valence-corrected chi connectivity index (χ0v) is 10.6. The fourth-order valence-corrected chi connectivity index (χ4v) is 1.54. The van der Waals surface area contributed by atoms with Crippen molar-refractivity contribution in [1.29, 1.82) is 0 Å². The molecule has 0 spiro atoms. The van der Waals surface area contributed by atoms with Crippen molar-refractivity contribution in [3.8, 4) is 0 Å². The van der Waals surface area contributed by atoms with Gasteiger partial charge in [0.2, 0.25) is 0 Å². The largest absolute Gasteiger partial charge is 0.465 e. The molecule has 0 aliphatic heterocycles. The number of esters is 1. The van der Waals surface area contributed by atoms with Gasteiger partial charge in [0.25, 0.3) is 0 Å². The van der Waals surface area contributed by atoms with Gasteiger partial charge in [-0.1, -0.05) is 17.7 Å². The molecule has 94 valence electrons. The summed E-state index contributed by atoms with van der Waals surface area (Å²) in [4.78, 5) is 11.3. The molecule has 0 aromatic heterocycles. The summed E-state index contributed by atoms with van der Waals surface area (Å²) in [6.45, 7) is 3.90. The second-order valence-electron chi connectivity index (χ2n) is 3.55. The molecular formula is C12H15ClFNO2. The first kappa shape index (κ1) is 13.9. The maximum atomic E-state index is 13.4. The van der Waals surface area contributed by atoms with Crippen LogP contribution in [-0.4, -0.2) is 18.6 Å². The van der Waals surface area contributed by atoms with E-state index in [2.05, 4.69) is 5.32 Å². The molecule has 17 heavy (non-hydrogen) atoms. The highest BCUT2D eigenvalue weighted by Crippen LogP contribution is 2.18. The molecule has 1 rings (SSSR count). The Bertz CT molecular complexity index is 378. The Balaban J connectivity index is 2.58. The van der Waals surface area contributed by atoms with Crippen LogP contribution in [0.4, 0.5) is 4.39 Å². The molecule has 5 heteroatoms. The normalized spacial score (nSPS) is 12.2. The Morgan fingerprint density at radius 2 is 2.29 bits per heavy atom. The molecule has 0 aliphatic rings. The fraction of sp³-hybridized carbons (Fsp3) is 0.417. The van der Waals surface area contributed by atoms with Crippen LogP contribution < -0.4 is 5.32 Å². The first-order valence-electron chi connectivity index (χ1n) is 5.39. The summed E-state index contributed by atoms with van der Waals surface area (Å²) in [7, 11) is 0. The molecular weight excluding hydrogens is 245 g/mol. The van der Waals surface area contributed by atoms with Crippen LogP contribution in [0.5, 0.6) is 0 Å². The zero-order chi connectivity index (χ0) is 12.8. The second-order valence-corrected chi connectivity index (χ2v) is 3.96. The average Bonchev–Trinajstić information content (AvgIpc) is 2.28. The summed E-state index contributed by atoms with van der Waals surface area (Å²) in [5, 5.41) is 3.21. The smallest absolute Gasteiger partial charge is 0.322 e. The molecule has 3 nitrogen and oxygen atoms in total. The molecule has 1 aromatic rings. The Morgan fingerprint density at radius 1 is 1.59 bits per heavy atom. The van der Waals surface area contributed by atoms with E-state index in [4.69, 9.17) is 16.3 Å². The van der Waals surface area contributed by atoms with E-state index >= 15 is 0 Å². The molecule has 0 amide bonds. The van der Waals surface area contributed by atoms with E-state index in [1.165, 1.54) is 12.1 Å². The van der Waals surface area contributed by atoms with Crippen LogP contribution in [0.25, 0.3) is 0 Å². The summed E-state index contributed by atoms with van der Waals surface area (Å²) in [5.74, 6) is -0.749. The molecule has 0 heterocycles. The monoisotopic (exact) mass is 259 g/mol. The van der Waals surface area contributed by atoms with Gasteiger partial charge >= 0.3 is 5.97 Å². The van der Waals surface area contributed by atoms with Gasteiger partial charge in [0.05, 0.1) is 6.61 Å². The second kappa shape index (κ2) is 6.57. The predicted molar refractivity (Wildman–Crippen MR) is 64.3 cm³/mol. The van der Waals surface area contributed by atoms with Gasteiger partial charge in [0, 0.05) is 17.1 Å². The minimum absolute atomic E-state index is 0.186. The number of hydrogen-bond acceptors (Lipinski definition) is 3. The lowest BCUT2D eigenvalue weighted by atomic mass is 10.2. The van der Waals surface area contributed by atoms with Gasteiger partial charge in [-0.3, -0.25) is 4.79 Å². The van der Waals surface area contributed by atoms with Crippen molar-refractivity contribution in [2.24, 2.45) is 0 Å². The van der Waals surface area contributed by atoms with Gasteiger partial charge in [0.15, 0.2) is 0 Å². The van der Waals surface area contributed by atoms with Gasteiger partial charge < -0.3 is 10.1 Å². The molecule has 1 unspecified atom stereocenters. The van der Waals surface area contributed by atoms with Crippen LogP contribution in [0.1, 0.15) is 19.4 Å². The highest BCUT2D eigenvalue weighted by Gasteiger charge is 2.14. The van der Waals surface area contributed by atoms with Crippen LogP contribution in [0, 0.1) is 5.82 Å². The number of carbonyl (C=O) groups excluding carboxylic acids is 1. The highest BCUT2D eigenvalue weighted by atomic mass is 35.5. The third-order valence-corrected chi connectivity index (χ3v) is 2.64. The van der Waals surface area contributed by atoms with Crippen molar-refractivity contribution < 1.29 is 13.9 Å². The third-order valence-electron chi connectivity index (χ3n) is 2.29. The predicted octanol–water partition coefficient (Wildman–Crippen LogP) is 2.52. The Kier molecular flexibility index (Phi) is 5.38. The van der Waals surface area contributed by atoms with Crippen molar-refractivity contribution in [2.75, 3.05) is 6.61 Å². The first-order chi connectivity index (χ1) is 8.06. The van der Waals surface area contributed by atoms with Crippen LogP contribution in [-0.2, 0) is 16.1 Å². The summed E-state index contributed by atoms with van der Waals surface area (Å²) >= 11 is 5.86. The van der Waals surface area contributed by atoms with Crippen molar-refractivity contribution in [3.05, 3.63) is 34.6 Å². The minimum Gasteiger partial charge on any atom is -0.465 e. The standard InChI is InChI=1S/C12H15ClFNO2/c1-3-17-12(16)8(2)15-7-9-10(13)5-4-6-11(9)14/h4-6,8,15H,3,7H2,1-2H3. The quantitative estimate of drug-likeness (QED) is 0.826. The molecule has 0 fully saturated rings. The van der Waals surface area contributed by atoms with Crippen molar-refractivity contribution in [3.63, 3.8) is 0 Å². The molecule has 0 bridgehead atoms. The number of ether oxygens (including phenoxy) is 1. The number of hydrogen-bond donors (Lipinski definition) is 1. The number of benzene rings is 1. The maximum absolute atomic E-state index is 13.4. The lowest BCUT2D eigenvalue weighted by Crippen LogP contribution is -2.35. The maximum Gasteiger partial charge on any atom is 0.322 e. The molecule has 0 saturated heterocycles. The topological polar surface area (TPSA) is 38.3 Å². The van der Waals surface area contributed by atoms with Crippen molar-refractivity contribution >= 4 is 17.6 Å². The molecule has 1 N–H and O–H groups in total. The summed E-state index contributed by atoms with van der Waals surface area (Å²) in [6, 6.07) is 3.98. The molecule has 0 saturated carbocycles. The van der Waals surface area contributed by atoms with Crippen LogP contribution in [0.3, 0.4) is 0 Å². The number of carbonyl (C=O) groups is 1. The summed E-state index contributed by atoms with van der Waals surface area (Å²) in [6.07, 6.45) is 0. The Labute approximate surface area is 105 Å². The molecule has 1 atom stereocenters. The van der Waals surface area contributed by atoms with Gasteiger partial charge in [-0.05, 0) is 26.0 Å². The minimum atomic E-state index is -0.495. The number of halogens is 2. The van der Waals surface area contributed by atoms with E-state index in [0.29, 0.717) is 17.2 Å². The van der Waals surface area contributed by atoms with E-state index < -0.39 is 6.04 Å². The first-order valence-corrected chi connectivity index (χ1v) is 5.77. The summed E-state index contributed by atoms with van der Waals surface area (Å²) in [5.41, 5.74) is 0.352. The zero-order valence-electron chi connectivity index (χ0n) is 9.80. The van der Waals surface area contributed by atoms with Crippen molar-refractivity contribution in [1.82, 2.24) is 5.32 Å². The van der Waals surface area contributed by atoms with Gasteiger partial charge in [-0.15, -0.1) is 0 Å². The molecule has 0 radical (unpaired) electrons. The third kappa shape index (κ3) is 3.98. The average molecular weight is 260 g/mol.